The van der Waals surface area contributed by atoms with Crippen LogP contribution in [0.15, 0.2) is 21.8 Å². The quantitative estimate of drug-likeness (QED) is 0.0715. The second kappa shape index (κ2) is 9.17. The maximum Gasteiger partial charge on any atom is 0.512 e. The smallest absolute Gasteiger partial charge is 0.449 e. The fraction of sp³-hybridized carbons (Fsp3) is 0.400. The van der Waals surface area contributed by atoms with Crippen LogP contribution in [0.1, 0.15) is 12.7 Å². The van der Waals surface area contributed by atoms with Gasteiger partial charge in [-0.2, -0.15) is 10.2 Å². The number of aromatic nitrogens is 7. The number of tetrazole rings is 1. The number of thioether (sulfide) groups is 2. The summed E-state index contributed by atoms with van der Waals surface area (Å²) in [4.78, 5) is 41.9. The summed E-state index contributed by atoms with van der Waals surface area (Å²) in [6.07, 6.45) is -1.59. The number of ether oxygens (including phenoxy) is 1. The fourth-order valence-electron chi connectivity index (χ4n) is 3.19. The lowest BCUT2D eigenvalue weighted by atomic mass is 10.0. The lowest BCUT2D eigenvalue weighted by molar-refractivity contribution is -0.148. The predicted octanol–water partition coefficient (Wildman–Crippen LogP) is -1.42. The number of carbonyl (C=O) groups excluding carboxylic acids is 2. The molecule has 34 heavy (non-hydrogen) atoms. The number of fused-ring (bicyclic) bond motifs is 1. The average Bonchev–Trinajstić information content (AvgIpc) is 3.41. The Labute approximate surface area is 198 Å². The molecule has 0 radical (unpaired) electrons. The van der Waals surface area contributed by atoms with Crippen molar-refractivity contribution < 1.29 is 29.4 Å². The number of oxime groups is 1. The molecular formula is C15H17N11O6S2. The highest BCUT2D eigenvalue weighted by molar-refractivity contribution is 8.01. The minimum Gasteiger partial charge on any atom is -0.449 e. The molecule has 0 saturated carbocycles. The van der Waals surface area contributed by atoms with Gasteiger partial charge in [-0.1, -0.05) is 16.9 Å². The van der Waals surface area contributed by atoms with Crippen molar-refractivity contribution in [3.05, 3.63) is 17.3 Å². The van der Waals surface area contributed by atoms with E-state index in [1.54, 1.807) is 6.92 Å². The Kier molecular flexibility index (Phi) is 6.28. The van der Waals surface area contributed by atoms with E-state index in [4.69, 9.17) is 10.5 Å². The number of aryl methyl sites for hydroxylation is 1. The Morgan fingerprint density at radius 3 is 2.82 bits per heavy atom. The second-order valence-electron chi connectivity index (χ2n) is 6.88. The number of carboxylic acid groups (broad SMARTS) is 1. The number of nitrogens with one attached hydrogen (secondary N) is 2. The Morgan fingerprint density at radius 2 is 2.24 bits per heavy atom. The summed E-state index contributed by atoms with van der Waals surface area (Å²) in [6, 6.07) is -1.04. The lowest BCUT2D eigenvalue weighted by Gasteiger charge is -2.49. The number of nitrogens with zero attached hydrogens (tertiary/aromatic N) is 8. The number of carbonyl (C=O) groups is 3. The number of hydrogen-bond donors (Lipinski definition) is 5. The highest BCUT2D eigenvalue weighted by Crippen LogP contribution is 2.43. The number of H-pyrrole nitrogens is 1. The molecule has 2 aromatic rings. The van der Waals surface area contributed by atoms with E-state index >= 15 is 0 Å². The van der Waals surface area contributed by atoms with E-state index in [9.17, 15) is 24.7 Å². The Balaban J connectivity index is 1.52. The molecule has 180 valence electrons. The van der Waals surface area contributed by atoms with Gasteiger partial charge >= 0.3 is 6.16 Å². The van der Waals surface area contributed by atoms with Crippen LogP contribution in [-0.2, 0) is 21.4 Å². The van der Waals surface area contributed by atoms with Gasteiger partial charge in [0.25, 0.3) is 11.8 Å². The van der Waals surface area contributed by atoms with Crippen LogP contribution in [-0.4, -0.2) is 96.7 Å². The second-order valence-corrected chi connectivity index (χ2v) is 9.29. The Morgan fingerprint density at radius 1 is 1.47 bits per heavy atom. The van der Waals surface area contributed by atoms with E-state index in [2.05, 4.69) is 41.2 Å². The highest BCUT2D eigenvalue weighted by atomic mass is 32.2. The summed E-state index contributed by atoms with van der Waals surface area (Å²) in [6.45, 7) is 1.78. The minimum absolute atomic E-state index is 0.0152. The van der Waals surface area contributed by atoms with Crippen LogP contribution >= 0.6 is 23.5 Å². The van der Waals surface area contributed by atoms with Crippen LogP contribution in [0.25, 0.3) is 0 Å². The molecule has 3 atom stereocenters. The zero-order valence-corrected chi connectivity index (χ0v) is 19.1. The summed E-state index contributed by atoms with van der Waals surface area (Å²) in [7, 11) is 1.48. The van der Waals surface area contributed by atoms with E-state index < -0.39 is 35.1 Å². The van der Waals surface area contributed by atoms with Crippen molar-refractivity contribution in [3.63, 3.8) is 0 Å². The Hall–Kier alpha value is -3.87. The molecule has 0 bridgehead atoms. The zero-order valence-electron chi connectivity index (χ0n) is 17.4. The van der Waals surface area contributed by atoms with Gasteiger partial charge in [0.2, 0.25) is 28.5 Å². The molecule has 1 unspecified atom stereocenters. The number of nitrogen functional groups attached to an aromatic ring is 1. The van der Waals surface area contributed by atoms with Gasteiger partial charge in [-0.15, -0.1) is 27.1 Å². The number of hydrogen-bond acceptors (Lipinski definition) is 14. The number of β-lactam (4-membered cyclic amide) rings is 1. The van der Waals surface area contributed by atoms with Crippen LogP contribution in [0, 0.1) is 0 Å². The monoisotopic (exact) mass is 511 g/mol. The van der Waals surface area contributed by atoms with Crippen molar-refractivity contribution in [3.8, 4) is 0 Å². The van der Waals surface area contributed by atoms with E-state index in [0.29, 0.717) is 16.5 Å². The van der Waals surface area contributed by atoms with Gasteiger partial charge in [0.15, 0.2) is 0 Å². The third kappa shape index (κ3) is 4.21. The van der Waals surface area contributed by atoms with E-state index in [1.165, 1.54) is 35.3 Å². The molecule has 0 spiro atoms. The highest BCUT2D eigenvalue weighted by Gasteiger charge is 2.55. The van der Waals surface area contributed by atoms with Crippen LogP contribution in [0.2, 0.25) is 0 Å². The summed E-state index contributed by atoms with van der Waals surface area (Å²) < 4.78 is 6.13. The first-order chi connectivity index (χ1) is 16.2. The standard InChI is InChI=1S/C15H17N11O6S2/c1-4(34-14-19-23-24-20-14)5-3-33-12-7(10(28)26(12)11(5)32-15(29)30)17-9(27)6(22-31)8-18-13(16)25(2)21-8/h4,7,12,31H,3H2,1-2H3,(H,17,27)(H,29,30)(H2,16,18,21)(H,19,20,23,24)/t4?,7-,12+/m1/s1. The molecule has 6 N–H and O–H groups in total. The van der Waals surface area contributed by atoms with Crippen LogP contribution in [0.4, 0.5) is 10.7 Å². The van der Waals surface area contributed by atoms with Crippen LogP contribution in [0.5, 0.6) is 0 Å². The number of amides is 2. The number of rotatable bonds is 7. The largest absolute Gasteiger partial charge is 0.512 e. The van der Waals surface area contributed by atoms with Gasteiger partial charge in [0.05, 0.1) is 0 Å². The fourth-order valence-corrected chi connectivity index (χ4v) is 5.57. The number of aromatic amines is 1. The molecule has 17 nitrogen and oxygen atoms in total. The maximum absolute atomic E-state index is 12.9. The zero-order chi connectivity index (χ0) is 24.6. The SMILES string of the molecule is CC(Sc1nn[nH]n1)C1=C(OC(=O)O)N2C(=O)[C@@H](NC(=O)C(=NO)c3nc(N)n(C)n3)[C@@H]2SC1. The lowest BCUT2D eigenvalue weighted by Crippen LogP contribution is -2.70. The number of anilines is 1. The molecule has 2 aliphatic rings. The maximum atomic E-state index is 12.9. The molecule has 0 aliphatic carbocycles. The topological polar surface area (TPSA) is 240 Å². The van der Waals surface area contributed by atoms with Gasteiger partial charge in [0.1, 0.15) is 11.4 Å². The summed E-state index contributed by atoms with van der Waals surface area (Å²) in [5.74, 6) is -1.60. The molecule has 4 heterocycles. The molecule has 1 fully saturated rings. The van der Waals surface area contributed by atoms with Gasteiger partial charge in [0, 0.05) is 23.6 Å². The molecular weight excluding hydrogens is 494 g/mol. The molecule has 0 aromatic carbocycles. The summed E-state index contributed by atoms with van der Waals surface area (Å²) in [5.41, 5.74) is 5.58. The van der Waals surface area contributed by atoms with Gasteiger partial charge in [-0.3, -0.25) is 14.5 Å². The third-order valence-corrected chi connectivity index (χ3v) is 7.16. The summed E-state index contributed by atoms with van der Waals surface area (Å²) in [5, 5.41) is 40.6. The molecule has 4 rings (SSSR count). The molecule has 19 heteroatoms. The molecule has 2 amide bonds. The first-order valence-electron chi connectivity index (χ1n) is 9.39. The Bertz CT molecular complexity index is 1180. The van der Waals surface area contributed by atoms with Crippen molar-refractivity contribution in [2.75, 3.05) is 11.5 Å². The third-order valence-electron chi connectivity index (χ3n) is 4.84. The van der Waals surface area contributed by atoms with Gasteiger partial charge < -0.3 is 26.1 Å². The van der Waals surface area contributed by atoms with E-state index in [-0.39, 0.29) is 22.9 Å². The predicted molar refractivity (Wildman–Crippen MR) is 114 cm³/mol. The normalized spacial score (nSPS) is 21.1. The van der Waals surface area contributed by atoms with Crippen molar-refractivity contribution >= 4 is 53.2 Å². The molecule has 2 aromatic heterocycles. The summed E-state index contributed by atoms with van der Waals surface area (Å²) >= 11 is 2.49. The van der Waals surface area contributed by atoms with Crippen molar-refractivity contribution in [1.29, 1.82) is 0 Å². The first-order valence-corrected chi connectivity index (χ1v) is 11.3. The van der Waals surface area contributed by atoms with Crippen LogP contribution < -0.4 is 11.1 Å². The van der Waals surface area contributed by atoms with Crippen LogP contribution in [0.3, 0.4) is 0 Å². The van der Waals surface area contributed by atoms with Crippen molar-refractivity contribution in [2.45, 2.75) is 28.7 Å². The van der Waals surface area contributed by atoms with Crippen molar-refractivity contribution in [1.82, 2.24) is 45.6 Å². The van der Waals surface area contributed by atoms with E-state index in [0.717, 1.165) is 4.90 Å². The first kappa shape index (κ1) is 23.3. The van der Waals surface area contributed by atoms with Crippen molar-refractivity contribution in [2.24, 2.45) is 12.2 Å². The molecule has 1 saturated heterocycles. The molecule has 2 aliphatic heterocycles. The minimum atomic E-state index is -1.59. The average molecular weight is 512 g/mol. The van der Waals surface area contributed by atoms with Gasteiger partial charge in [-0.25, -0.2) is 9.48 Å². The number of nitrogens with two attached hydrogens (primary N) is 1. The van der Waals surface area contributed by atoms with E-state index in [1.807, 2.05) is 0 Å². The van der Waals surface area contributed by atoms with Gasteiger partial charge in [-0.05, 0) is 12.1 Å².